The van der Waals surface area contributed by atoms with Crippen molar-refractivity contribution < 1.29 is 18.7 Å². The van der Waals surface area contributed by atoms with Crippen LogP contribution in [0.15, 0.2) is 48.5 Å². The Morgan fingerprint density at radius 3 is 2.08 bits per heavy atom. The van der Waals surface area contributed by atoms with Gasteiger partial charge in [0.05, 0.1) is 12.3 Å². The molecule has 0 aromatic heterocycles. The van der Waals surface area contributed by atoms with Gasteiger partial charge < -0.3 is 4.74 Å². The molecule has 2 aromatic rings. The third kappa shape index (κ3) is 3.55. The zero-order valence-electron chi connectivity index (χ0n) is 15.1. The maximum atomic E-state index is 13.3. The molecule has 0 aliphatic heterocycles. The molecule has 3 nitrogen and oxygen atoms in total. The van der Waals surface area contributed by atoms with Crippen LogP contribution in [0.4, 0.5) is 4.39 Å². The Labute approximate surface area is 153 Å². The molecule has 3 rings (SSSR count). The molecule has 2 aromatic carbocycles. The maximum Gasteiger partial charge on any atom is 0.306 e. The minimum Gasteiger partial charge on any atom is -0.465 e. The van der Waals surface area contributed by atoms with E-state index in [0.29, 0.717) is 6.42 Å². The topological polar surface area (TPSA) is 43.4 Å². The maximum absolute atomic E-state index is 13.3. The Hall–Kier alpha value is -2.49. The van der Waals surface area contributed by atoms with Crippen molar-refractivity contribution in [3.8, 4) is 11.1 Å². The largest absolute Gasteiger partial charge is 0.465 e. The fourth-order valence-electron chi connectivity index (χ4n) is 3.64. The molecule has 0 saturated carbocycles. The molecule has 2 atom stereocenters. The third-order valence-corrected chi connectivity index (χ3v) is 5.38. The van der Waals surface area contributed by atoms with Crippen LogP contribution in [0.3, 0.4) is 0 Å². The second-order valence-electron chi connectivity index (χ2n) is 6.91. The Balaban J connectivity index is 1.72. The third-order valence-electron chi connectivity index (χ3n) is 5.38. The van der Waals surface area contributed by atoms with Crippen LogP contribution in [0.25, 0.3) is 11.1 Å². The van der Waals surface area contributed by atoms with Gasteiger partial charge in [0, 0.05) is 5.92 Å². The van der Waals surface area contributed by atoms with Gasteiger partial charge in [-0.1, -0.05) is 68.8 Å². The van der Waals surface area contributed by atoms with Gasteiger partial charge >= 0.3 is 12.0 Å². The fourth-order valence-corrected chi connectivity index (χ4v) is 3.64. The fraction of sp³-hybridized carbons (Fsp3) is 0.364. The first-order valence-electron chi connectivity index (χ1n) is 9.06. The summed E-state index contributed by atoms with van der Waals surface area (Å²) in [6.07, 6.45) is 0.428. The summed E-state index contributed by atoms with van der Waals surface area (Å²) in [5.74, 6) is -1.67. The van der Waals surface area contributed by atoms with Gasteiger partial charge in [-0.05, 0) is 28.2 Å². The SMILES string of the molecule is CC[C@H](C)[C@H](CC(=O)OCC1c2ccccc2-c2ccccc21)C(=O)F. The van der Waals surface area contributed by atoms with E-state index >= 15 is 0 Å². The Kier molecular flexibility index (Phi) is 5.50. The summed E-state index contributed by atoms with van der Waals surface area (Å²) in [5.41, 5.74) is 4.56. The smallest absolute Gasteiger partial charge is 0.306 e. The molecule has 0 radical (unpaired) electrons. The average Bonchev–Trinajstić information content (AvgIpc) is 2.97. The summed E-state index contributed by atoms with van der Waals surface area (Å²) in [6, 6.07) is 14.7. The van der Waals surface area contributed by atoms with E-state index in [4.69, 9.17) is 4.74 Å². The molecule has 26 heavy (non-hydrogen) atoms. The first-order chi connectivity index (χ1) is 12.5. The summed E-state index contributed by atoms with van der Waals surface area (Å²) in [6.45, 7) is 3.85. The van der Waals surface area contributed by atoms with Crippen LogP contribution < -0.4 is 0 Å². The average molecular weight is 354 g/mol. The lowest BCUT2D eigenvalue weighted by Crippen LogP contribution is -2.24. The van der Waals surface area contributed by atoms with Crippen LogP contribution in [0.2, 0.25) is 0 Å². The van der Waals surface area contributed by atoms with Gasteiger partial charge in [-0.3, -0.25) is 9.59 Å². The number of halogens is 1. The highest BCUT2D eigenvalue weighted by molar-refractivity contribution is 5.81. The predicted molar refractivity (Wildman–Crippen MR) is 98.4 cm³/mol. The second-order valence-corrected chi connectivity index (χ2v) is 6.91. The van der Waals surface area contributed by atoms with E-state index in [1.165, 1.54) is 0 Å². The summed E-state index contributed by atoms with van der Waals surface area (Å²) in [5, 5.41) is 0. The predicted octanol–water partition coefficient (Wildman–Crippen LogP) is 4.89. The summed E-state index contributed by atoms with van der Waals surface area (Å²) in [7, 11) is 0. The molecule has 0 unspecified atom stereocenters. The molecular formula is C22H23FO3. The van der Waals surface area contributed by atoms with Crippen molar-refractivity contribution in [3.05, 3.63) is 59.7 Å². The zero-order valence-corrected chi connectivity index (χ0v) is 15.1. The van der Waals surface area contributed by atoms with Gasteiger partial charge in [0.1, 0.15) is 6.61 Å². The van der Waals surface area contributed by atoms with Gasteiger partial charge in [0.15, 0.2) is 0 Å². The van der Waals surface area contributed by atoms with Crippen molar-refractivity contribution in [3.63, 3.8) is 0 Å². The van der Waals surface area contributed by atoms with Crippen LogP contribution in [0, 0.1) is 11.8 Å². The summed E-state index contributed by atoms with van der Waals surface area (Å²) >= 11 is 0. The van der Waals surface area contributed by atoms with E-state index in [1.807, 2.05) is 43.3 Å². The minimum absolute atomic E-state index is 0.0329. The lowest BCUT2D eigenvalue weighted by atomic mass is 9.89. The normalized spacial score (nSPS) is 15.0. The second kappa shape index (κ2) is 7.81. The molecule has 0 fully saturated rings. The number of benzene rings is 2. The molecule has 1 aliphatic carbocycles. The van der Waals surface area contributed by atoms with Crippen molar-refractivity contribution in [2.75, 3.05) is 6.61 Å². The van der Waals surface area contributed by atoms with E-state index in [0.717, 1.165) is 22.3 Å². The number of carbonyl (C=O) groups excluding carboxylic acids is 2. The molecule has 0 saturated heterocycles. The Bertz CT molecular complexity index is 769. The summed E-state index contributed by atoms with van der Waals surface area (Å²) in [4.78, 5) is 23.4. The van der Waals surface area contributed by atoms with Crippen molar-refractivity contribution in [1.82, 2.24) is 0 Å². The molecule has 0 N–H and O–H groups in total. The highest BCUT2D eigenvalue weighted by atomic mass is 19.1. The molecule has 1 aliphatic rings. The minimum atomic E-state index is -1.44. The quantitative estimate of drug-likeness (QED) is 0.525. The first-order valence-corrected chi connectivity index (χ1v) is 9.06. The van der Waals surface area contributed by atoms with Gasteiger partial charge in [-0.25, -0.2) is 0 Å². The van der Waals surface area contributed by atoms with Crippen LogP contribution >= 0.6 is 0 Å². The van der Waals surface area contributed by atoms with Crippen LogP contribution in [0.5, 0.6) is 0 Å². The van der Waals surface area contributed by atoms with Gasteiger partial charge in [-0.2, -0.15) is 4.39 Å². The standard InChI is InChI=1S/C22H23FO3/c1-3-14(2)19(22(23)25)12-21(24)26-13-20-17-10-6-4-8-15(17)16-9-5-7-11-18(16)20/h4-11,14,19-20H,3,12-13H2,1-2H3/t14-,19-/m0/s1. The first kappa shape index (κ1) is 18.3. The zero-order chi connectivity index (χ0) is 18.7. The van der Waals surface area contributed by atoms with E-state index in [2.05, 4.69) is 12.1 Å². The van der Waals surface area contributed by atoms with Crippen LogP contribution in [-0.2, 0) is 14.3 Å². The molecule has 0 amide bonds. The molecule has 136 valence electrons. The number of hydrogen-bond donors (Lipinski definition) is 0. The molecule has 0 spiro atoms. The molecule has 0 bridgehead atoms. The van der Waals surface area contributed by atoms with Gasteiger partial charge in [0.25, 0.3) is 0 Å². The van der Waals surface area contributed by atoms with E-state index in [9.17, 15) is 14.0 Å². The van der Waals surface area contributed by atoms with Gasteiger partial charge in [-0.15, -0.1) is 0 Å². The Morgan fingerprint density at radius 2 is 1.58 bits per heavy atom. The number of esters is 1. The number of carbonyl (C=O) groups is 2. The van der Waals surface area contributed by atoms with Crippen molar-refractivity contribution in [2.45, 2.75) is 32.6 Å². The molecule has 0 heterocycles. The van der Waals surface area contributed by atoms with E-state index in [1.54, 1.807) is 6.92 Å². The number of fused-ring (bicyclic) bond motifs is 3. The van der Waals surface area contributed by atoms with Crippen molar-refractivity contribution in [1.29, 1.82) is 0 Å². The lowest BCUT2D eigenvalue weighted by Gasteiger charge is -2.18. The number of rotatable bonds is 7. The molecular weight excluding hydrogens is 331 g/mol. The van der Waals surface area contributed by atoms with Crippen LogP contribution in [0.1, 0.15) is 43.7 Å². The summed E-state index contributed by atoms with van der Waals surface area (Å²) < 4.78 is 18.7. The highest BCUT2D eigenvalue weighted by Crippen LogP contribution is 2.44. The number of hydrogen-bond acceptors (Lipinski definition) is 3. The number of ether oxygens (including phenoxy) is 1. The van der Waals surface area contributed by atoms with Crippen molar-refractivity contribution >= 4 is 12.0 Å². The van der Waals surface area contributed by atoms with Crippen LogP contribution in [-0.4, -0.2) is 18.6 Å². The van der Waals surface area contributed by atoms with E-state index < -0.39 is 17.9 Å². The molecule has 4 heteroatoms. The van der Waals surface area contributed by atoms with Gasteiger partial charge in [0.2, 0.25) is 0 Å². The lowest BCUT2D eigenvalue weighted by molar-refractivity contribution is -0.150. The van der Waals surface area contributed by atoms with E-state index in [-0.39, 0.29) is 24.9 Å². The van der Waals surface area contributed by atoms with Crippen molar-refractivity contribution in [2.24, 2.45) is 11.8 Å². The Morgan fingerprint density at radius 1 is 1.04 bits per heavy atom. The monoisotopic (exact) mass is 354 g/mol. The highest BCUT2D eigenvalue weighted by Gasteiger charge is 2.31.